The topological polar surface area (TPSA) is 46.9 Å². The second kappa shape index (κ2) is 6.48. The largest absolute Gasteiger partial charge is 0.311 e. The lowest BCUT2D eigenvalue weighted by molar-refractivity contribution is 0.541. The maximum atomic E-state index is 12.0. The third-order valence-corrected chi connectivity index (χ3v) is 3.02. The molecule has 0 aliphatic carbocycles. The summed E-state index contributed by atoms with van der Waals surface area (Å²) in [5, 5.41) is 7.74. The number of hydrogen-bond donors (Lipinski definition) is 1. The van der Waals surface area contributed by atoms with E-state index in [1.165, 1.54) is 0 Å². The third kappa shape index (κ3) is 3.54. The second-order valence-corrected chi connectivity index (χ2v) is 5.37. The van der Waals surface area contributed by atoms with Gasteiger partial charge in [-0.05, 0) is 31.5 Å². The van der Waals surface area contributed by atoms with E-state index in [1.807, 2.05) is 41.9 Å². The molecule has 1 aromatic heterocycles. The molecule has 1 aromatic carbocycles. The maximum absolute atomic E-state index is 12.0. The minimum absolute atomic E-state index is 0.00839. The molecule has 0 saturated heterocycles. The molecule has 0 saturated carbocycles. The highest BCUT2D eigenvalue weighted by atomic mass is 16.1. The first-order valence-electron chi connectivity index (χ1n) is 6.94. The van der Waals surface area contributed by atoms with Crippen LogP contribution in [-0.2, 0) is 6.54 Å². The highest BCUT2D eigenvalue weighted by Crippen LogP contribution is 2.07. The summed E-state index contributed by atoms with van der Waals surface area (Å²) in [7, 11) is 0. The fourth-order valence-corrected chi connectivity index (χ4v) is 2.02. The van der Waals surface area contributed by atoms with Crippen molar-refractivity contribution in [2.24, 2.45) is 5.92 Å². The summed E-state index contributed by atoms with van der Waals surface area (Å²) in [6, 6.07) is 11.5. The van der Waals surface area contributed by atoms with E-state index in [4.69, 9.17) is 0 Å². The number of aromatic nitrogens is 2. The van der Waals surface area contributed by atoms with Crippen molar-refractivity contribution in [3.05, 3.63) is 58.0 Å². The highest BCUT2D eigenvalue weighted by molar-refractivity contribution is 5.32. The Hall–Kier alpha value is -1.94. The smallest absolute Gasteiger partial charge is 0.204 e. The maximum Gasteiger partial charge on any atom is 0.204 e. The van der Waals surface area contributed by atoms with E-state index in [0.29, 0.717) is 18.2 Å². The van der Waals surface area contributed by atoms with Crippen LogP contribution in [-0.4, -0.2) is 16.3 Å². The number of hydrogen-bond acceptors (Lipinski definition) is 3. The first kappa shape index (κ1) is 14.5. The fraction of sp³-hybridized carbons (Fsp3) is 0.375. The molecule has 0 radical (unpaired) electrons. The molecule has 1 N–H and O–H groups in total. The SMILES string of the molecule is Cc1cc(=O)c(CNCC(C)C)nn1-c1ccccc1. The molecule has 0 aliphatic rings. The molecular formula is C16H21N3O. The van der Waals surface area contributed by atoms with Crippen LogP contribution in [0.4, 0.5) is 0 Å². The molecule has 0 fully saturated rings. The van der Waals surface area contributed by atoms with E-state index < -0.39 is 0 Å². The summed E-state index contributed by atoms with van der Waals surface area (Å²) in [5.41, 5.74) is 2.36. The Labute approximate surface area is 119 Å². The van der Waals surface area contributed by atoms with Crippen molar-refractivity contribution in [3.63, 3.8) is 0 Å². The Morgan fingerprint density at radius 2 is 1.95 bits per heavy atom. The van der Waals surface area contributed by atoms with Gasteiger partial charge in [-0.3, -0.25) is 4.79 Å². The van der Waals surface area contributed by atoms with Crippen molar-refractivity contribution in [2.75, 3.05) is 6.54 Å². The Morgan fingerprint density at radius 3 is 2.60 bits per heavy atom. The Kier molecular flexibility index (Phi) is 4.69. The molecule has 4 heteroatoms. The van der Waals surface area contributed by atoms with Crippen LogP contribution in [0.15, 0.2) is 41.2 Å². The van der Waals surface area contributed by atoms with Crippen molar-refractivity contribution in [1.29, 1.82) is 0 Å². The van der Waals surface area contributed by atoms with Crippen molar-refractivity contribution < 1.29 is 0 Å². The van der Waals surface area contributed by atoms with Crippen LogP contribution in [0.3, 0.4) is 0 Å². The summed E-state index contributed by atoms with van der Waals surface area (Å²) in [4.78, 5) is 12.0. The van der Waals surface area contributed by atoms with Crippen LogP contribution in [0, 0.1) is 12.8 Å². The molecule has 1 heterocycles. The molecule has 106 valence electrons. The van der Waals surface area contributed by atoms with Crippen molar-refractivity contribution >= 4 is 0 Å². The number of aryl methyl sites for hydroxylation is 1. The van der Waals surface area contributed by atoms with Gasteiger partial charge in [0, 0.05) is 18.3 Å². The molecule has 20 heavy (non-hydrogen) atoms. The molecule has 4 nitrogen and oxygen atoms in total. The average Bonchev–Trinajstić information content (AvgIpc) is 2.42. The molecule has 2 rings (SSSR count). The highest BCUT2D eigenvalue weighted by Gasteiger charge is 2.07. The Bertz CT molecular complexity index is 617. The van der Waals surface area contributed by atoms with Gasteiger partial charge in [-0.15, -0.1) is 0 Å². The predicted molar refractivity (Wildman–Crippen MR) is 81.1 cm³/mol. The molecule has 0 amide bonds. The first-order chi connectivity index (χ1) is 9.58. The van der Waals surface area contributed by atoms with Crippen molar-refractivity contribution in [3.8, 4) is 5.69 Å². The number of benzene rings is 1. The lowest BCUT2D eigenvalue weighted by Crippen LogP contribution is -2.26. The Morgan fingerprint density at radius 1 is 1.25 bits per heavy atom. The molecule has 0 atom stereocenters. The third-order valence-electron chi connectivity index (χ3n) is 3.02. The van der Waals surface area contributed by atoms with Crippen LogP contribution < -0.4 is 10.7 Å². The molecule has 2 aromatic rings. The Balaban J connectivity index is 2.28. The molecule has 0 spiro atoms. The number of nitrogens with one attached hydrogen (secondary N) is 1. The van der Waals surface area contributed by atoms with Gasteiger partial charge in [-0.25, -0.2) is 4.68 Å². The lowest BCUT2D eigenvalue weighted by Gasteiger charge is -2.12. The van der Waals surface area contributed by atoms with Gasteiger partial charge < -0.3 is 5.32 Å². The van der Waals surface area contributed by atoms with Gasteiger partial charge in [-0.2, -0.15) is 5.10 Å². The zero-order valence-corrected chi connectivity index (χ0v) is 12.3. The van der Waals surface area contributed by atoms with E-state index >= 15 is 0 Å². The summed E-state index contributed by atoms with van der Waals surface area (Å²) in [6.07, 6.45) is 0. The van der Waals surface area contributed by atoms with Crippen LogP contribution in [0.25, 0.3) is 5.69 Å². The van der Waals surface area contributed by atoms with Crippen molar-refractivity contribution in [1.82, 2.24) is 15.1 Å². The summed E-state index contributed by atoms with van der Waals surface area (Å²) in [5.74, 6) is 0.553. The molecule has 0 bridgehead atoms. The quantitative estimate of drug-likeness (QED) is 0.907. The van der Waals surface area contributed by atoms with Crippen LogP contribution in [0.2, 0.25) is 0 Å². The van der Waals surface area contributed by atoms with Gasteiger partial charge in [-0.1, -0.05) is 32.0 Å². The minimum Gasteiger partial charge on any atom is -0.311 e. The van der Waals surface area contributed by atoms with Crippen LogP contribution in [0.1, 0.15) is 25.2 Å². The number of nitrogens with zero attached hydrogens (tertiary/aromatic N) is 2. The van der Waals surface area contributed by atoms with E-state index in [1.54, 1.807) is 6.07 Å². The van der Waals surface area contributed by atoms with Crippen LogP contribution in [0.5, 0.6) is 0 Å². The zero-order chi connectivity index (χ0) is 14.5. The summed E-state index contributed by atoms with van der Waals surface area (Å²) in [6.45, 7) is 7.55. The number of para-hydroxylation sites is 1. The van der Waals surface area contributed by atoms with E-state index in [2.05, 4.69) is 24.3 Å². The lowest BCUT2D eigenvalue weighted by atomic mass is 10.2. The molecular weight excluding hydrogens is 250 g/mol. The van der Waals surface area contributed by atoms with E-state index in [9.17, 15) is 4.79 Å². The van der Waals surface area contributed by atoms with Crippen LogP contribution >= 0.6 is 0 Å². The summed E-state index contributed by atoms with van der Waals surface area (Å²) >= 11 is 0. The minimum atomic E-state index is -0.00839. The molecule has 0 unspecified atom stereocenters. The second-order valence-electron chi connectivity index (χ2n) is 5.37. The normalized spacial score (nSPS) is 11.0. The first-order valence-corrected chi connectivity index (χ1v) is 6.94. The fourth-order valence-electron chi connectivity index (χ4n) is 2.02. The standard InChI is InChI=1S/C16H21N3O/c1-12(2)10-17-11-15-16(20)9-13(3)19(18-15)14-7-5-4-6-8-14/h4-9,12,17H,10-11H2,1-3H3. The van der Waals surface area contributed by atoms with Gasteiger partial charge in [0.2, 0.25) is 5.43 Å². The van der Waals surface area contributed by atoms with Gasteiger partial charge in [0.25, 0.3) is 0 Å². The van der Waals surface area contributed by atoms with E-state index in [-0.39, 0.29) is 5.43 Å². The van der Waals surface area contributed by atoms with E-state index in [0.717, 1.165) is 17.9 Å². The zero-order valence-electron chi connectivity index (χ0n) is 12.3. The summed E-state index contributed by atoms with van der Waals surface area (Å²) < 4.78 is 1.81. The number of rotatable bonds is 5. The van der Waals surface area contributed by atoms with Gasteiger partial charge in [0.05, 0.1) is 5.69 Å². The predicted octanol–water partition coefficient (Wildman–Crippen LogP) is 2.29. The molecule has 0 aliphatic heterocycles. The van der Waals surface area contributed by atoms with Gasteiger partial charge in [0.15, 0.2) is 0 Å². The monoisotopic (exact) mass is 271 g/mol. The van der Waals surface area contributed by atoms with Gasteiger partial charge in [0.1, 0.15) is 5.69 Å². The average molecular weight is 271 g/mol. The van der Waals surface area contributed by atoms with Crippen molar-refractivity contribution in [2.45, 2.75) is 27.3 Å². The van der Waals surface area contributed by atoms with Gasteiger partial charge >= 0.3 is 0 Å².